The quantitative estimate of drug-likeness (QED) is 0.0188. The molecule has 670 valence electrons. The fourth-order valence-corrected chi connectivity index (χ4v) is 14.5. The third-order valence-corrected chi connectivity index (χ3v) is 22.4. The molecule has 0 aliphatic rings. The van der Waals surface area contributed by atoms with E-state index in [-0.39, 0.29) is 85.9 Å². The molecule has 0 spiro atoms. The molecule has 18 rings (SSSR count). The van der Waals surface area contributed by atoms with E-state index >= 15 is 4.39 Å². The second kappa shape index (κ2) is 44.3. The number of phenolic OH excluding ortho intramolecular Hbond substituents is 1. The molecule has 0 aliphatic carbocycles. The molecule has 129 heavy (non-hydrogen) atoms. The number of H-pyrrole nitrogens is 7. The summed E-state index contributed by atoms with van der Waals surface area (Å²) in [6.07, 6.45) is 10.4. The molecular formula is C88H70Cl12F4N14O11. The van der Waals surface area contributed by atoms with Crippen molar-refractivity contribution >= 4 is 229 Å². The summed E-state index contributed by atoms with van der Waals surface area (Å²) in [4.78, 5) is 72.4. The Kier molecular flexibility index (Phi) is 33.7. The highest BCUT2D eigenvalue weighted by Crippen LogP contribution is 2.42. The molecule has 0 saturated heterocycles. The van der Waals surface area contributed by atoms with Crippen molar-refractivity contribution in [3.8, 4) is 46.0 Å². The molecule has 18 aromatic rings. The summed E-state index contributed by atoms with van der Waals surface area (Å²) >= 11 is 71.3. The molecule has 41 heteroatoms. The molecule has 10 aromatic heterocycles. The van der Waals surface area contributed by atoms with Crippen molar-refractivity contribution in [3.05, 3.63) is 294 Å². The first-order valence-electron chi connectivity index (χ1n) is 36.8. The monoisotopic (exact) mass is 1990 g/mol. The second-order valence-electron chi connectivity index (χ2n) is 26.8. The van der Waals surface area contributed by atoms with E-state index in [1.54, 1.807) is 97.6 Å². The van der Waals surface area contributed by atoms with E-state index in [0.29, 0.717) is 159 Å². The number of rotatable bonds is 21. The Labute approximate surface area is 791 Å². The zero-order valence-corrected chi connectivity index (χ0v) is 75.1. The lowest BCUT2D eigenvalue weighted by Gasteiger charge is -2.19. The van der Waals surface area contributed by atoms with Gasteiger partial charge < -0.3 is 77.9 Å². The van der Waals surface area contributed by atoms with Gasteiger partial charge in [0.25, 0.3) is 0 Å². The van der Waals surface area contributed by atoms with E-state index in [1.807, 2.05) is 18.3 Å². The number of phenols is 1. The van der Waals surface area contributed by atoms with Crippen LogP contribution in [0.2, 0.25) is 55.2 Å². The molecule has 8 aromatic carbocycles. The summed E-state index contributed by atoms with van der Waals surface area (Å²) in [5.74, 6) is 1.63. The van der Waals surface area contributed by atoms with Crippen molar-refractivity contribution in [3.63, 3.8) is 0 Å². The van der Waals surface area contributed by atoms with Crippen molar-refractivity contribution in [2.45, 2.75) is 53.1 Å². The van der Waals surface area contributed by atoms with Crippen molar-refractivity contribution < 1.29 is 70.2 Å². The Balaban J connectivity index is 0.000000158. The van der Waals surface area contributed by atoms with Gasteiger partial charge in [-0.05, 0) is 108 Å². The predicted molar refractivity (Wildman–Crippen MR) is 500 cm³/mol. The largest absolute Gasteiger partial charge is 0.504 e. The van der Waals surface area contributed by atoms with Crippen LogP contribution in [0, 0.1) is 23.3 Å². The summed E-state index contributed by atoms with van der Waals surface area (Å²) in [5, 5.41) is 16.8. The van der Waals surface area contributed by atoms with E-state index in [1.165, 1.54) is 59.9 Å². The molecule has 10 heterocycles. The van der Waals surface area contributed by atoms with Crippen molar-refractivity contribution in [1.82, 2.24) is 69.8 Å². The van der Waals surface area contributed by atoms with Crippen LogP contribution in [0.1, 0.15) is 87.2 Å². The smallest absolute Gasteiger partial charge is 0.164 e. The molecular weight excluding hydrogens is 1930 g/mol. The van der Waals surface area contributed by atoms with E-state index < -0.39 is 29.4 Å². The van der Waals surface area contributed by atoms with Crippen molar-refractivity contribution in [2.24, 2.45) is 0 Å². The lowest BCUT2D eigenvalue weighted by Crippen LogP contribution is -2.08. The van der Waals surface area contributed by atoms with Gasteiger partial charge in [-0.1, -0.05) is 142 Å². The minimum atomic E-state index is -0.761. The fourth-order valence-electron chi connectivity index (χ4n) is 12.6. The molecule has 0 amide bonds. The number of hydrogen-bond donors (Lipinski definition) is 8. The SMILES string of the molecule is C.C.COc1cc(C(OC)c2c[nH]c3ncc(Cl)cc23)c(F)cc1OCc1nc2cc(Cl)c(Cl)cc2[nH]1.COc1cc(C=O)c(F)cc1O.COc1cc(C=O)c(F)cc1OCc1nc2cc(Cl)c(Cl)cc2[nH]1.COc1cc(Cc2c[nH]c3ncc(Cl)cc23)c(F)cc1OCc1nc2cc(Cl)c(Cl)cc2[nH]1.ClCc1nc2cc(Cl)c(Cl)cc2[nH]1.Clc1cnc2[nH]ccc2c1. The number of halogens is 16. The van der Waals surface area contributed by atoms with E-state index in [9.17, 15) is 22.8 Å². The van der Waals surface area contributed by atoms with E-state index in [2.05, 4.69) is 74.5 Å². The molecule has 1 atom stereocenters. The zero-order valence-electron chi connectivity index (χ0n) is 66.0. The molecule has 0 aliphatic heterocycles. The van der Waals surface area contributed by atoms with Gasteiger partial charge >= 0.3 is 0 Å². The number of benzene rings is 8. The number of alkyl halides is 1. The highest BCUT2D eigenvalue weighted by atomic mass is 35.5. The molecule has 0 radical (unpaired) electrons. The summed E-state index contributed by atoms with van der Waals surface area (Å²) in [6, 6.07) is 30.9. The second-order valence-corrected chi connectivity index (χ2v) is 31.6. The maximum absolute atomic E-state index is 15.3. The van der Waals surface area contributed by atoms with E-state index in [0.717, 1.165) is 67.9 Å². The van der Waals surface area contributed by atoms with Crippen molar-refractivity contribution in [2.75, 3.05) is 35.5 Å². The maximum Gasteiger partial charge on any atom is 0.164 e. The number of aromatic amines is 7. The Morgan fingerprint density at radius 2 is 0.783 bits per heavy atom. The molecule has 0 fully saturated rings. The number of carbonyl (C=O) groups is 2. The minimum Gasteiger partial charge on any atom is -0.504 e. The number of methoxy groups -OCH3 is 5. The first-order valence-corrected chi connectivity index (χ1v) is 41.5. The number of aromatic nitrogens is 14. The summed E-state index contributed by atoms with van der Waals surface area (Å²) in [5.41, 5.74) is 9.94. The Hall–Kier alpha value is -11.4. The average molecular weight is 2000 g/mol. The van der Waals surface area contributed by atoms with Gasteiger partial charge in [0.05, 0.1) is 145 Å². The number of fused-ring (bicyclic) bond motifs is 7. The van der Waals surface area contributed by atoms with Gasteiger partial charge in [-0.25, -0.2) is 52.4 Å². The minimum absolute atomic E-state index is 0. The molecule has 25 nitrogen and oxygen atoms in total. The number of aldehydes is 2. The van der Waals surface area contributed by atoms with Crippen LogP contribution in [-0.4, -0.2) is 123 Å². The van der Waals surface area contributed by atoms with Gasteiger partial charge in [-0.15, -0.1) is 11.6 Å². The molecule has 1 unspecified atom stereocenters. The first-order chi connectivity index (χ1) is 61.0. The van der Waals surface area contributed by atoms with Crippen molar-refractivity contribution in [1.29, 1.82) is 0 Å². The molecule has 0 bridgehead atoms. The van der Waals surface area contributed by atoms with E-state index in [4.69, 9.17) is 177 Å². The van der Waals surface area contributed by atoms with Crippen LogP contribution in [0.5, 0.6) is 46.0 Å². The Morgan fingerprint density at radius 1 is 0.395 bits per heavy atom. The summed E-state index contributed by atoms with van der Waals surface area (Å²) in [6.45, 7) is 0.158. The molecule has 0 saturated carbocycles. The van der Waals surface area contributed by atoms with Crippen LogP contribution in [0.25, 0.3) is 77.2 Å². The molecule has 8 N–H and O–H groups in total. The number of nitrogens with zero attached hydrogens (tertiary/aromatic N) is 7. The lowest BCUT2D eigenvalue weighted by atomic mass is 10.00. The van der Waals surface area contributed by atoms with Crippen LogP contribution < -0.4 is 33.2 Å². The average Bonchev–Trinajstić information content (AvgIpc) is 1.63. The maximum atomic E-state index is 15.3. The predicted octanol–water partition coefficient (Wildman–Crippen LogP) is 26.4. The standard InChI is InChI=1S/C24H18Cl3FN4O3.C23H16Cl3FN4O2.C16H11Cl2FN2O3.C8H5Cl3N2.C8H7FO3.C7H5ClN2.2CH4/c1-33-20-4-13(23(34-2)14-9-30-24-12(14)3-11(25)8-29-24)17(28)7-21(20)35-10-22-31-18-5-15(26)16(27)6-19(18)32-22;1-32-20-3-11(2-12-8-28-23-14(12)4-13(24)9-29-23)17(27)7-21(20)33-10-22-30-18-5-15(25)16(26)6-19(18)31-22;1-23-14-2-8(6-22)11(19)5-15(14)24-7-16-20-12-3-9(17)10(18)4-13(12)21-16;9-3-8-12-6-1-4(10)5(11)2-7(6)13-8;1-12-8-2-5(4-10)6(9)3-7(8)11;8-6-3-5-1-2-9-7(5)10-4-6;;/h3-9,23H,10H2,1-2H3,(H,29,30)(H,31,32);3-9H,2,10H2,1H3,(H,28,29)(H,30,31);2-6H,7H2,1H3,(H,20,21);1-2H,3H2,(H,12,13);2-4,11H,1H3;1-4H,(H,9,10);2*1H4. The third kappa shape index (κ3) is 23.6. The van der Waals surface area contributed by atoms with Gasteiger partial charge in [-0.2, -0.15) is 0 Å². The van der Waals surface area contributed by atoms with Crippen LogP contribution in [-0.2, 0) is 36.9 Å². The Bertz CT molecular complexity index is 6940. The normalized spacial score (nSPS) is 11.1. The van der Waals surface area contributed by atoms with Crippen LogP contribution >= 0.6 is 139 Å². The number of ether oxygens (including phenoxy) is 8. The topological polar surface area (TPSA) is 329 Å². The van der Waals surface area contributed by atoms with Crippen LogP contribution in [0.15, 0.2) is 159 Å². The first kappa shape index (κ1) is 98.2. The number of pyridine rings is 3. The summed E-state index contributed by atoms with van der Waals surface area (Å²) in [7, 11) is 7.20. The fraction of sp³-hybridized carbons (Fsp3) is 0.148. The number of carbonyl (C=O) groups excluding carboxylic acids is 2. The highest BCUT2D eigenvalue weighted by molar-refractivity contribution is 6.44. The van der Waals surface area contributed by atoms with Gasteiger partial charge in [0, 0.05) is 102 Å². The summed E-state index contributed by atoms with van der Waals surface area (Å²) < 4.78 is 100. The number of imidazole rings is 4. The highest BCUT2D eigenvalue weighted by Gasteiger charge is 2.26. The van der Waals surface area contributed by atoms with Gasteiger partial charge in [0.15, 0.2) is 58.6 Å². The number of hydrogen-bond acceptors (Lipinski definition) is 18. The Morgan fingerprint density at radius 3 is 1.25 bits per heavy atom. The van der Waals surface area contributed by atoms with Crippen LogP contribution in [0.3, 0.4) is 0 Å². The van der Waals surface area contributed by atoms with Gasteiger partial charge in [-0.3, -0.25) is 9.59 Å². The number of aromatic hydroxyl groups is 1. The third-order valence-electron chi connectivity index (χ3n) is 18.6. The lowest BCUT2D eigenvalue weighted by molar-refractivity contribution is 0.111. The van der Waals surface area contributed by atoms with Gasteiger partial charge in [0.2, 0.25) is 0 Å². The van der Waals surface area contributed by atoms with Gasteiger partial charge in [0.1, 0.15) is 89.4 Å². The zero-order chi connectivity index (χ0) is 90.6. The van der Waals surface area contributed by atoms with Crippen LogP contribution in [0.4, 0.5) is 17.6 Å². The number of nitrogens with one attached hydrogen (secondary N) is 7.